The molecule has 8 unspecified atom stereocenters. The van der Waals surface area contributed by atoms with E-state index < -0.39 is 24.6 Å². The van der Waals surface area contributed by atoms with Crippen molar-refractivity contribution >= 4 is 0 Å². The summed E-state index contributed by atoms with van der Waals surface area (Å²) < 4.78 is 43.1. The minimum absolute atomic E-state index is 0.0941. The fourth-order valence-electron chi connectivity index (χ4n) is 5.77. The SMILES string of the molecule is CC1CC(F)C(NC2C(C3CCC(F)CC3C)C(C)N(C)N2C)C(F)C1. The highest BCUT2D eigenvalue weighted by Crippen LogP contribution is 2.44. The van der Waals surface area contributed by atoms with Crippen molar-refractivity contribution in [3.05, 3.63) is 0 Å². The van der Waals surface area contributed by atoms with Crippen molar-refractivity contribution in [3.8, 4) is 0 Å². The van der Waals surface area contributed by atoms with Gasteiger partial charge < -0.3 is 0 Å². The summed E-state index contributed by atoms with van der Waals surface area (Å²) in [4.78, 5) is 0. The van der Waals surface area contributed by atoms with E-state index in [-0.39, 0.29) is 24.0 Å². The predicted octanol–water partition coefficient (Wildman–Crippen LogP) is 3.95. The first-order chi connectivity index (χ1) is 12.2. The highest BCUT2D eigenvalue weighted by atomic mass is 19.1. The summed E-state index contributed by atoms with van der Waals surface area (Å²) in [6.45, 7) is 6.24. The molecular formula is C20H36F3N3. The van der Waals surface area contributed by atoms with Crippen LogP contribution < -0.4 is 5.32 Å². The molecule has 6 heteroatoms. The van der Waals surface area contributed by atoms with Crippen LogP contribution >= 0.6 is 0 Å². The summed E-state index contributed by atoms with van der Waals surface area (Å²) in [6, 6.07) is -0.479. The zero-order chi connectivity index (χ0) is 19.2. The first-order valence-corrected chi connectivity index (χ1v) is 10.3. The molecule has 3 rings (SSSR count). The molecule has 2 aliphatic carbocycles. The van der Waals surface area contributed by atoms with E-state index in [9.17, 15) is 13.2 Å². The summed E-state index contributed by atoms with van der Waals surface area (Å²) in [5.74, 6) is 1.01. The summed E-state index contributed by atoms with van der Waals surface area (Å²) in [5.41, 5.74) is 0. The van der Waals surface area contributed by atoms with E-state index >= 15 is 0 Å². The molecule has 2 saturated carbocycles. The van der Waals surface area contributed by atoms with Gasteiger partial charge in [0.15, 0.2) is 0 Å². The normalized spacial score (nSPS) is 51.7. The molecule has 0 spiro atoms. The summed E-state index contributed by atoms with van der Waals surface area (Å²) in [5, 5.41) is 7.64. The second-order valence-corrected chi connectivity index (χ2v) is 9.26. The zero-order valence-corrected chi connectivity index (χ0v) is 16.8. The van der Waals surface area contributed by atoms with E-state index in [4.69, 9.17) is 0 Å². The van der Waals surface area contributed by atoms with Crippen LogP contribution in [-0.2, 0) is 0 Å². The molecule has 1 heterocycles. The average molecular weight is 376 g/mol. The highest BCUT2D eigenvalue weighted by Gasteiger charge is 2.50. The Morgan fingerprint density at radius 2 is 1.46 bits per heavy atom. The van der Waals surface area contributed by atoms with Gasteiger partial charge in [0.2, 0.25) is 0 Å². The molecular weight excluding hydrogens is 339 g/mol. The average Bonchev–Trinajstić information content (AvgIpc) is 2.75. The molecule has 0 aromatic carbocycles. The van der Waals surface area contributed by atoms with Gasteiger partial charge in [0.05, 0.1) is 12.2 Å². The smallest absolute Gasteiger partial charge is 0.118 e. The Morgan fingerprint density at radius 1 is 0.846 bits per heavy atom. The van der Waals surface area contributed by atoms with Gasteiger partial charge in [-0.25, -0.2) is 23.2 Å². The molecule has 26 heavy (non-hydrogen) atoms. The molecule has 3 aliphatic rings. The molecule has 1 aliphatic heterocycles. The number of hydrogen-bond acceptors (Lipinski definition) is 3. The number of nitrogens with one attached hydrogen (secondary N) is 1. The van der Waals surface area contributed by atoms with Crippen LogP contribution in [0.2, 0.25) is 0 Å². The summed E-state index contributed by atoms with van der Waals surface area (Å²) in [7, 11) is 4.03. The Labute approximate surface area is 156 Å². The van der Waals surface area contributed by atoms with Gasteiger partial charge in [-0.1, -0.05) is 13.8 Å². The molecule has 3 nitrogen and oxygen atoms in total. The van der Waals surface area contributed by atoms with Gasteiger partial charge >= 0.3 is 0 Å². The van der Waals surface area contributed by atoms with E-state index in [0.29, 0.717) is 37.5 Å². The van der Waals surface area contributed by atoms with E-state index in [0.717, 1.165) is 6.42 Å². The third kappa shape index (κ3) is 3.79. The van der Waals surface area contributed by atoms with Crippen LogP contribution in [-0.4, -0.2) is 60.9 Å². The maximum atomic E-state index is 14.6. The minimum atomic E-state index is -1.15. The van der Waals surface area contributed by atoms with E-state index in [2.05, 4.69) is 29.2 Å². The van der Waals surface area contributed by atoms with Gasteiger partial charge in [0.25, 0.3) is 0 Å². The Balaban J connectivity index is 1.78. The topological polar surface area (TPSA) is 18.5 Å². The third-order valence-electron chi connectivity index (χ3n) is 7.47. The van der Waals surface area contributed by atoms with Crippen molar-refractivity contribution in [1.29, 1.82) is 0 Å². The van der Waals surface area contributed by atoms with Crippen molar-refractivity contribution in [3.63, 3.8) is 0 Å². The lowest BCUT2D eigenvalue weighted by atomic mass is 9.69. The fraction of sp³-hybridized carbons (Fsp3) is 1.00. The first kappa shape index (κ1) is 20.4. The maximum absolute atomic E-state index is 14.6. The number of hydrazine groups is 1. The quantitative estimate of drug-likeness (QED) is 0.806. The highest BCUT2D eigenvalue weighted by molar-refractivity contribution is 5.00. The number of alkyl halides is 3. The zero-order valence-electron chi connectivity index (χ0n) is 16.8. The van der Waals surface area contributed by atoms with Gasteiger partial charge in [-0.3, -0.25) is 5.32 Å². The molecule has 1 saturated heterocycles. The predicted molar refractivity (Wildman–Crippen MR) is 98.8 cm³/mol. The van der Waals surface area contributed by atoms with E-state index in [1.165, 1.54) is 0 Å². The first-order valence-electron chi connectivity index (χ1n) is 10.3. The lowest BCUT2D eigenvalue weighted by molar-refractivity contribution is -0.00867. The Morgan fingerprint density at radius 3 is 2.04 bits per heavy atom. The van der Waals surface area contributed by atoms with Gasteiger partial charge in [0.1, 0.15) is 18.5 Å². The van der Waals surface area contributed by atoms with Crippen molar-refractivity contribution < 1.29 is 13.2 Å². The summed E-state index contributed by atoms with van der Waals surface area (Å²) >= 11 is 0. The number of hydrogen-bond donors (Lipinski definition) is 1. The second-order valence-electron chi connectivity index (χ2n) is 9.26. The molecule has 1 N–H and O–H groups in total. The van der Waals surface area contributed by atoms with E-state index in [1.54, 1.807) is 0 Å². The molecule has 3 fully saturated rings. The molecule has 0 bridgehead atoms. The number of rotatable bonds is 3. The van der Waals surface area contributed by atoms with Crippen LogP contribution in [0.4, 0.5) is 13.2 Å². The van der Waals surface area contributed by atoms with Crippen LogP contribution in [0.3, 0.4) is 0 Å². The third-order valence-corrected chi connectivity index (χ3v) is 7.47. The maximum Gasteiger partial charge on any atom is 0.118 e. The monoisotopic (exact) mass is 375 g/mol. The Bertz CT molecular complexity index is 467. The van der Waals surface area contributed by atoms with E-state index in [1.807, 2.05) is 21.0 Å². The van der Waals surface area contributed by atoms with Crippen molar-refractivity contribution in [2.45, 2.75) is 89.6 Å². The van der Waals surface area contributed by atoms with Crippen LogP contribution in [0.15, 0.2) is 0 Å². The van der Waals surface area contributed by atoms with Crippen LogP contribution in [0, 0.1) is 23.7 Å². The molecule has 0 aromatic heterocycles. The Kier molecular flexibility index (Phi) is 6.25. The molecule has 0 amide bonds. The second kappa shape index (κ2) is 7.96. The van der Waals surface area contributed by atoms with Crippen molar-refractivity contribution in [2.75, 3.05) is 14.1 Å². The molecule has 8 atom stereocenters. The van der Waals surface area contributed by atoms with Crippen LogP contribution in [0.1, 0.15) is 52.9 Å². The lowest BCUT2D eigenvalue weighted by Gasteiger charge is -2.42. The van der Waals surface area contributed by atoms with Gasteiger partial charge in [-0.2, -0.15) is 0 Å². The van der Waals surface area contributed by atoms with Crippen molar-refractivity contribution in [1.82, 2.24) is 15.3 Å². The fourth-order valence-corrected chi connectivity index (χ4v) is 5.77. The molecule has 0 radical (unpaired) electrons. The van der Waals surface area contributed by atoms with Gasteiger partial charge in [-0.05, 0) is 56.8 Å². The Hall–Kier alpha value is -0.330. The largest absolute Gasteiger partial charge is 0.292 e. The molecule has 0 aromatic rings. The van der Waals surface area contributed by atoms with Gasteiger partial charge in [0, 0.05) is 26.1 Å². The number of nitrogens with zero attached hydrogens (tertiary/aromatic N) is 2. The molecule has 152 valence electrons. The summed E-state index contributed by atoms with van der Waals surface area (Å²) in [6.07, 6.45) is -0.188. The van der Waals surface area contributed by atoms with Crippen LogP contribution in [0.25, 0.3) is 0 Å². The van der Waals surface area contributed by atoms with Crippen LogP contribution in [0.5, 0.6) is 0 Å². The number of halogens is 3. The van der Waals surface area contributed by atoms with Crippen molar-refractivity contribution in [2.24, 2.45) is 23.7 Å². The lowest BCUT2D eigenvalue weighted by Crippen LogP contribution is -2.58. The standard InChI is InChI=1S/C20H36F3N3/c1-11-8-16(22)19(17(23)9-11)24-20-18(13(3)25(4)26(20)5)15-7-6-14(21)10-12(15)2/h11-20,24H,6-10H2,1-5H3. The van der Waals surface area contributed by atoms with Gasteiger partial charge in [-0.15, -0.1) is 0 Å². The minimum Gasteiger partial charge on any atom is -0.292 e.